The van der Waals surface area contributed by atoms with Gasteiger partial charge in [-0.25, -0.2) is 9.78 Å². The summed E-state index contributed by atoms with van der Waals surface area (Å²) >= 11 is 1.49. The molecule has 3 heterocycles. The van der Waals surface area contributed by atoms with Gasteiger partial charge in [-0.15, -0.1) is 11.3 Å². The molecule has 18 heavy (non-hydrogen) atoms. The van der Waals surface area contributed by atoms with E-state index in [1.54, 1.807) is 10.4 Å². The van der Waals surface area contributed by atoms with E-state index in [2.05, 4.69) is 4.98 Å². The fourth-order valence-electron chi connectivity index (χ4n) is 2.60. The van der Waals surface area contributed by atoms with Gasteiger partial charge >= 0.3 is 6.09 Å². The van der Waals surface area contributed by atoms with Crippen LogP contribution < -0.4 is 0 Å². The molecule has 6 nitrogen and oxygen atoms in total. The predicted octanol–water partition coefficient (Wildman–Crippen LogP) is 1.24. The maximum absolute atomic E-state index is 12.1. The van der Waals surface area contributed by atoms with Crippen molar-refractivity contribution in [1.82, 2.24) is 14.8 Å². The topological polar surface area (TPSA) is 73.7 Å². The molecule has 1 aromatic rings. The summed E-state index contributed by atoms with van der Waals surface area (Å²) in [5.74, 6) is -0.0523. The van der Waals surface area contributed by atoms with Crippen LogP contribution in [0.4, 0.5) is 4.79 Å². The standard InChI is InChI=1S/C11H13N3O3S/c15-10-9-8(18-6-12-9)5-14(10)7-2-1-3-13(4-7)11(16)17/h6-7H,1-5H2,(H,16,17). The molecule has 96 valence electrons. The van der Waals surface area contributed by atoms with Crippen molar-refractivity contribution in [2.24, 2.45) is 0 Å². The third-order valence-corrected chi connectivity index (χ3v) is 4.34. The number of thiazole rings is 1. The number of carbonyl (C=O) groups excluding carboxylic acids is 1. The summed E-state index contributed by atoms with van der Waals surface area (Å²) in [6.45, 7) is 1.56. The SMILES string of the molecule is O=C(O)N1CCCC(N2Cc3scnc3C2=O)C1. The van der Waals surface area contributed by atoms with E-state index in [1.165, 1.54) is 16.2 Å². The molecule has 1 fully saturated rings. The molecule has 1 unspecified atom stereocenters. The largest absolute Gasteiger partial charge is 0.465 e. The van der Waals surface area contributed by atoms with Gasteiger partial charge in [-0.3, -0.25) is 4.79 Å². The highest BCUT2D eigenvalue weighted by Gasteiger charge is 2.37. The Bertz CT molecular complexity index is 501. The van der Waals surface area contributed by atoms with Crippen LogP contribution in [0.5, 0.6) is 0 Å². The summed E-state index contributed by atoms with van der Waals surface area (Å²) in [4.78, 5) is 31.3. The Kier molecular flexibility index (Phi) is 2.70. The number of aromatic nitrogens is 1. The van der Waals surface area contributed by atoms with Gasteiger partial charge in [0.05, 0.1) is 23.0 Å². The van der Waals surface area contributed by atoms with Gasteiger partial charge in [-0.05, 0) is 12.8 Å². The van der Waals surface area contributed by atoms with Gasteiger partial charge < -0.3 is 14.9 Å². The van der Waals surface area contributed by atoms with Crippen LogP contribution >= 0.6 is 11.3 Å². The fourth-order valence-corrected chi connectivity index (χ4v) is 3.35. The van der Waals surface area contributed by atoms with Crippen molar-refractivity contribution >= 4 is 23.3 Å². The molecule has 3 rings (SSSR count). The first-order valence-electron chi connectivity index (χ1n) is 5.88. The summed E-state index contributed by atoms with van der Waals surface area (Å²) in [7, 11) is 0. The normalized spacial score (nSPS) is 23.3. The van der Waals surface area contributed by atoms with Crippen molar-refractivity contribution in [3.8, 4) is 0 Å². The Labute approximate surface area is 108 Å². The summed E-state index contributed by atoms with van der Waals surface area (Å²) in [5, 5.41) is 9.01. The second kappa shape index (κ2) is 4.24. The number of piperidine rings is 1. The lowest BCUT2D eigenvalue weighted by atomic mass is 10.0. The minimum absolute atomic E-state index is 0.0104. The van der Waals surface area contributed by atoms with Crippen molar-refractivity contribution in [3.63, 3.8) is 0 Å². The van der Waals surface area contributed by atoms with Crippen LogP contribution in [0.3, 0.4) is 0 Å². The molecule has 2 amide bonds. The zero-order chi connectivity index (χ0) is 12.7. The zero-order valence-electron chi connectivity index (χ0n) is 9.70. The van der Waals surface area contributed by atoms with E-state index in [0.29, 0.717) is 25.3 Å². The van der Waals surface area contributed by atoms with Crippen molar-refractivity contribution in [1.29, 1.82) is 0 Å². The number of nitrogens with zero attached hydrogens (tertiary/aromatic N) is 3. The van der Waals surface area contributed by atoms with Gasteiger partial charge in [0.25, 0.3) is 5.91 Å². The van der Waals surface area contributed by atoms with Gasteiger partial charge in [0.2, 0.25) is 0 Å². The van der Waals surface area contributed by atoms with Crippen molar-refractivity contribution in [2.45, 2.75) is 25.4 Å². The molecule has 1 N–H and O–H groups in total. The van der Waals surface area contributed by atoms with Crippen molar-refractivity contribution in [2.75, 3.05) is 13.1 Å². The van der Waals surface area contributed by atoms with E-state index < -0.39 is 6.09 Å². The Hall–Kier alpha value is -1.63. The highest BCUT2D eigenvalue weighted by atomic mass is 32.1. The molecule has 1 aromatic heterocycles. The summed E-state index contributed by atoms with van der Waals surface area (Å²) < 4.78 is 0. The van der Waals surface area contributed by atoms with E-state index in [0.717, 1.165) is 17.7 Å². The molecular formula is C11H13N3O3S. The van der Waals surface area contributed by atoms with Crippen LogP contribution in [0, 0.1) is 0 Å². The molecule has 1 atom stereocenters. The second-order valence-corrected chi connectivity index (χ2v) is 5.52. The van der Waals surface area contributed by atoms with E-state index in [-0.39, 0.29) is 11.9 Å². The lowest BCUT2D eigenvalue weighted by Crippen LogP contribution is -2.49. The van der Waals surface area contributed by atoms with Gasteiger partial charge in [-0.1, -0.05) is 0 Å². The highest BCUT2D eigenvalue weighted by Crippen LogP contribution is 2.29. The number of rotatable bonds is 1. The quantitative estimate of drug-likeness (QED) is 0.830. The Morgan fingerprint density at radius 1 is 1.56 bits per heavy atom. The summed E-state index contributed by atoms with van der Waals surface area (Å²) in [5.41, 5.74) is 2.23. The minimum Gasteiger partial charge on any atom is -0.465 e. The molecular weight excluding hydrogens is 254 g/mol. The molecule has 2 aliphatic heterocycles. The van der Waals surface area contributed by atoms with Crippen molar-refractivity contribution in [3.05, 3.63) is 16.1 Å². The lowest BCUT2D eigenvalue weighted by molar-refractivity contribution is 0.0556. The molecule has 1 saturated heterocycles. The first-order chi connectivity index (χ1) is 8.66. The van der Waals surface area contributed by atoms with Gasteiger partial charge in [0.1, 0.15) is 5.69 Å². The average Bonchev–Trinajstić information content (AvgIpc) is 2.93. The van der Waals surface area contributed by atoms with Crippen LogP contribution in [0.25, 0.3) is 0 Å². The molecule has 0 aliphatic carbocycles. The third-order valence-electron chi connectivity index (χ3n) is 3.53. The van der Waals surface area contributed by atoms with Crippen molar-refractivity contribution < 1.29 is 14.7 Å². The monoisotopic (exact) mass is 267 g/mol. The second-order valence-electron chi connectivity index (χ2n) is 4.58. The number of hydrogen-bond acceptors (Lipinski definition) is 4. The molecule has 2 aliphatic rings. The first kappa shape index (κ1) is 11.5. The van der Waals surface area contributed by atoms with E-state index >= 15 is 0 Å². The van der Waals surface area contributed by atoms with E-state index in [1.807, 2.05) is 0 Å². The molecule has 0 radical (unpaired) electrons. The molecule has 0 spiro atoms. The predicted molar refractivity (Wildman–Crippen MR) is 64.6 cm³/mol. The van der Waals surface area contributed by atoms with E-state index in [9.17, 15) is 9.59 Å². The number of likely N-dealkylation sites (tertiary alicyclic amines) is 1. The lowest BCUT2D eigenvalue weighted by Gasteiger charge is -2.36. The number of amides is 2. The number of fused-ring (bicyclic) bond motifs is 1. The van der Waals surface area contributed by atoms with Gasteiger partial charge in [0.15, 0.2) is 0 Å². The molecule has 7 heteroatoms. The zero-order valence-corrected chi connectivity index (χ0v) is 10.5. The average molecular weight is 267 g/mol. The number of carboxylic acid groups (broad SMARTS) is 1. The Morgan fingerprint density at radius 3 is 3.11 bits per heavy atom. The van der Waals surface area contributed by atoms with Gasteiger partial charge in [0, 0.05) is 13.1 Å². The molecule has 0 saturated carbocycles. The first-order valence-corrected chi connectivity index (χ1v) is 6.76. The fraction of sp³-hybridized carbons (Fsp3) is 0.545. The third kappa shape index (κ3) is 1.74. The maximum Gasteiger partial charge on any atom is 0.407 e. The Balaban J connectivity index is 1.75. The number of carbonyl (C=O) groups is 2. The van der Waals surface area contributed by atoms with Crippen LogP contribution in [0.1, 0.15) is 28.2 Å². The van der Waals surface area contributed by atoms with Crippen LogP contribution in [0.2, 0.25) is 0 Å². The smallest absolute Gasteiger partial charge is 0.407 e. The summed E-state index contributed by atoms with van der Waals surface area (Å²) in [6, 6.07) is -0.0104. The summed E-state index contributed by atoms with van der Waals surface area (Å²) in [6.07, 6.45) is 0.769. The molecule has 0 aromatic carbocycles. The highest BCUT2D eigenvalue weighted by molar-refractivity contribution is 7.10. The minimum atomic E-state index is -0.903. The van der Waals surface area contributed by atoms with Crippen LogP contribution in [-0.4, -0.2) is 51.0 Å². The van der Waals surface area contributed by atoms with E-state index in [4.69, 9.17) is 5.11 Å². The van der Waals surface area contributed by atoms with Crippen LogP contribution in [0.15, 0.2) is 5.51 Å². The molecule has 0 bridgehead atoms. The Morgan fingerprint density at radius 2 is 2.39 bits per heavy atom. The van der Waals surface area contributed by atoms with Crippen LogP contribution in [-0.2, 0) is 6.54 Å². The van der Waals surface area contributed by atoms with Gasteiger partial charge in [-0.2, -0.15) is 0 Å². The number of hydrogen-bond donors (Lipinski definition) is 1. The maximum atomic E-state index is 12.1.